The topological polar surface area (TPSA) is 40.6 Å². The van der Waals surface area contributed by atoms with Gasteiger partial charge in [-0.05, 0) is 46.3 Å². The van der Waals surface area contributed by atoms with E-state index >= 15 is 0 Å². The minimum absolute atomic E-state index is 0.369. The molecule has 0 aromatic carbocycles. The molecule has 0 amide bonds. The number of pyridine rings is 1. The van der Waals surface area contributed by atoms with Crippen LogP contribution in [0, 0.1) is 0 Å². The molecule has 1 fully saturated rings. The molecule has 1 aliphatic heterocycles. The SMILES string of the molecule is C/C(=C/Cl)COc1cncc(B2OC(C)(C)C(C)(C)O2)c1. The van der Waals surface area contributed by atoms with Crippen LogP contribution in [0.2, 0.25) is 0 Å². The number of ether oxygens (including phenoxy) is 1. The second kappa shape index (κ2) is 5.99. The molecule has 0 spiro atoms. The summed E-state index contributed by atoms with van der Waals surface area (Å²) in [5.74, 6) is 0.667. The fourth-order valence-corrected chi connectivity index (χ4v) is 1.91. The second-order valence-electron chi connectivity index (χ2n) is 6.29. The molecular weight excluding hydrogens is 288 g/mol. The number of hydrogen-bond donors (Lipinski definition) is 0. The number of hydrogen-bond acceptors (Lipinski definition) is 4. The highest BCUT2D eigenvalue weighted by molar-refractivity contribution is 6.62. The Labute approximate surface area is 131 Å². The van der Waals surface area contributed by atoms with Gasteiger partial charge in [0.25, 0.3) is 0 Å². The fourth-order valence-electron chi connectivity index (χ4n) is 1.85. The van der Waals surface area contributed by atoms with Crippen molar-refractivity contribution in [3.63, 3.8) is 0 Å². The van der Waals surface area contributed by atoms with Gasteiger partial charge in [-0.25, -0.2) is 0 Å². The Kier molecular flexibility index (Phi) is 4.66. The van der Waals surface area contributed by atoms with E-state index in [1.807, 2.05) is 40.7 Å². The van der Waals surface area contributed by atoms with Gasteiger partial charge in [-0.2, -0.15) is 0 Å². The molecule has 2 heterocycles. The van der Waals surface area contributed by atoms with Gasteiger partial charge in [0.05, 0.1) is 17.4 Å². The summed E-state index contributed by atoms with van der Waals surface area (Å²) in [6, 6.07) is 1.89. The molecule has 0 saturated carbocycles. The monoisotopic (exact) mass is 309 g/mol. The molecule has 0 N–H and O–H groups in total. The Balaban J connectivity index is 2.12. The molecular formula is C15H21BClNO3. The highest BCUT2D eigenvalue weighted by atomic mass is 35.5. The first kappa shape index (κ1) is 16.3. The number of halogens is 1. The Bertz CT molecular complexity index is 529. The van der Waals surface area contributed by atoms with Gasteiger partial charge in [0.15, 0.2) is 0 Å². The average molecular weight is 310 g/mol. The van der Waals surface area contributed by atoms with E-state index < -0.39 is 7.12 Å². The standard InChI is InChI=1S/C15H21BClNO3/c1-11(7-17)10-19-13-6-12(8-18-9-13)16-20-14(2,3)15(4,5)21-16/h6-9H,10H2,1-5H3/b11-7-. The zero-order valence-corrected chi connectivity index (χ0v) is 13.9. The number of nitrogens with zero attached hydrogens (tertiary/aromatic N) is 1. The Hall–Kier alpha value is -1.04. The van der Waals surface area contributed by atoms with E-state index in [0.717, 1.165) is 11.0 Å². The third kappa shape index (κ3) is 3.60. The van der Waals surface area contributed by atoms with Crippen molar-refractivity contribution in [3.05, 3.63) is 29.6 Å². The minimum atomic E-state index is -0.435. The molecule has 1 aromatic heterocycles. The third-order valence-corrected chi connectivity index (χ3v) is 4.29. The molecule has 4 nitrogen and oxygen atoms in total. The van der Waals surface area contributed by atoms with Crippen molar-refractivity contribution in [1.82, 2.24) is 4.98 Å². The lowest BCUT2D eigenvalue weighted by molar-refractivity contribution is 0.00578. The maximum absolute atomic E-state index is 6.00. The van der Waals surface area contributed by atoms with Crippen LogP contribution in [0.15, 0.2) is 29.6 Å². The summed E-state index contributed by atoms with van der Waals surface area (Å²) in [5, 5.41) is 0. The van der Waals surface area contributed by atoms with Gasteiger partial charge < -0.3 is 14.0 Å². The van der Waals surface area contributed by atoms with E-state index in [1.54, 1.807) is 12.4 Å². The van der Waals surface area contributed by atoms with Crippen LogP contribution in [0.25, 0.3) is 0 Å². The zero-order chi connectivity index (χ0) is 15.7. The van der Waals surface area contributed by atoms with Crippen molar-refractivity contribution >= 4 is 24.2 Å². The predicted molar refractivity (Wildman–Crippen MR) is 85.1 cm³/mol. The second-order valence-corrected chi connectivity index (χ2v) is 6.50. The fraction of sp³-hybridized carbons (Fsp3) is 0.533. The molecule has 6 heteroatoms. The van der Waals surface area contributed by atoms with Crippen LogP contribution < -0.4 is 10.2 Å². The lowest BCUT2D eigenvalue weighted by Crippen LogP contribution is -2.41. The Morgan fingerprint density at radius 1 is 1.29 bits per heavy atom. The molecule has 21 heavy (non-hydrogen) atoms. The van der Waals surface area contributed by atoms with Gasteiger partial charge in [0, 0.05) is 17.2 Å². The summed E-state index contributed by atoms with van der Waals surface area (Å²) < 4.78 is 17.6. The first-order valence-electron chi connectivity index (χ1n) is 6.94. The van der Waals surface area contributed by atoms with Gasteiger partial charge in [0.2, 0.25) is 0 Å². The van der Waals surface area contributed by atoms with Gasteiger partial charge in [-0.15, -0.1) is 0 Å². The van der Waals surface area contributed by atoms with Crippen molar-refractivity contribution in [2.75, 3.05) is 6.61 Å². The Morgan fingerprint density at radius 2 is 1.90 bits per heavy atom. The smallest absolute Gasteiger partial charge is 0.488 e. The van der Waals surface area contributed by atoms with E-state index in [0.29, 0.717) is 12.4 Å². The summed E-state index contributed by atoms with van der Waals surface area (Å²) in [6.45, 7) is 10.4. The predicted octanol–water partition coefficient (Wildman–Crippen LogP) is 2.90. The summed E-state index contributed by atoms with van der Waals surface area (Å²) >= 11 is 5.62. The van der Waals surface area contributed by atoms with E-state index in [4.69, 9.17) is 25.6 Å². The van der Waals surface area contributed by atoms with Gasteiger partial charge in [-0.3, -0.25) is 4.98 Å². The molecule has 0 radical (unpaired) electrons. The van der Waals surface area contributed by atoms with Crippen LogP contribution in [-0.2, 0) is 9.31 Å². The van der Waals surface area contributed by atoms with Crippen LogP contribution in [0.5, 0.6) is 5.75 Å². The lowest BCUT2D eigenvalue weighted by atomic mass is 9.80. The highest BCUT2D eigenvalue weighted by Crippen LogP contribution is 2.36. The van der Waals surface area contributed by atoms with Crippen molar-refractivity contribution < 1.29 is 14.0 Å². The van der Waals surface area contributed by atoms with E-state index in [2.05, 4.69) is 4.98 Å². The largest absolute Gasteiger partial charge is 0.496 e. The maximum Gasteiger partial charge on any atom is 0.496 e. The zero-order valence-electron chi connectivity index (χ0n) is 13.1. The molecule has 0 atom stereocenters. The lowest BCUT2D eigenvalue weighted by Gasteiger charge is -2.32. The van der Waals surface area contributed by atoms with Crippen LogP contribution >= 0.6 is 11.6 Å². The van der Waals surface area contributed by atoms with Crippen LogP contribution in [-0.4, -0.2) is 29.9 Å². The molecule has 1 saturated heterocycles. The molecule has 1 aliphatic rings. The number of aromatic nitrogens is 1. The first-order chi connectivity index (χ1) is 9.75. The van der Waals surface area contributed by atoms with E-state index in [-0.39, 0.29) is 11.2 Å². The molecule has 1 aromatic rings. The molecule has 0 unspecified atom stereocenters. The first-order valence-corrected chi connectivity index (χ1v) is 7.38. The van der Waals surface area contributed by atoms with E-state index in [9.17, 15) is 0 Å². The average Bonchev–Trinajstić information content (AvgIpc) is 2.65. The summed E-state index contributed by atoms with van der Waals surface area (Å²) in [4.78, 5) is 4.19. The van der Waals surface area contributed by atoms with E-state index in [1.165, 1.54) is 5.54 Å². The molecule has 0 aliphatic carbocycles. The van der Waals surface area contributed by atoms with Crippen molar-refractivity contribution in [2.24, 2.45) is 0 Å². The molecule has 114 valence electrons. The van der Waals surface area contributed by atoms with Crippen LogP contribution in [0.3, 0.4) is 0 Å². The normalized spacial score (nSPS) is 20.7. The summed E-state index contributed by atoms with van der Waals surface area (Å²) in [6.07, 6.45) is 3.40. The van der Waals surface area contributed by atoms with Crippen molar-refractivity contribution in [2.45, 2.75) is 45.8 Å². The third-order valence-electron chi connectivity index (χ3n) is 3.91. The van der Waals surface area contributed by atoms with Crippen molar-refractivity contribution in [1.29, 1.82) is 0 Å². The summed E-state index contributed by atoms with van der Waals surface area (Å²) in [5.41, 5.74) is 2.56. The molecule has 0 bridgehead atoms. The Morgan fingerprint density at radius 3 is 2.48 bits per heavy atom. The number of rotatable bonds is 4. The van der Waals surface area contributed by atoms with Gasteiger partial charge in [-0.1, -0.05) is 11.6 Å². The van der Waals surface area contributed by atoms with Crippen LogP contribution in [0.4, 0.5) is 0 Å². The van der Waals surface area contributed by atoms with Crippen molar-refractivity contribution in [3.8, 4) is 5.75 Å². The van der Waals surface area contributed by atoms with Crippen LogP contribution in [0.1, 0.15) is 34.6 Å². The van der Waals surface area contributed by atoms with Gasteiger partial charge in [0.1, 0.15) is 12.4 Å². The summed E-state index contributed by atoms with van der Waals surface area (Å²) in [7, 11) is -0.435. The molecule has 2 rings (SSSR count). The maximum atomic E-state index is 6.00. The quantitative estimate of drug-likeness (QED) is 0.802. The minimum Gasteiger partial charge on any atom is -0.488 e. The highest BCUT2D eigenvalue weighted by Gasteiger charge is 2.51. The van der Waals surface area contributed by atoms with Gasteiger partial charge >= 0.3 is 7.12 Å².